The summed E-state index contributed by atoms with van der Waals surface area (Å²) < 4.78 is 1.52. The van der Waals surface area contributed by atoms with Crippen LogP contribution in [-0.4, -0.2) is 52.7 Å². The molecule has 0 unspecified atom stereocenters. The van der Waals surface area contributed by atoms with Crippen LogP contribution in [0.5, 0.6) is 0 Å². The van der Waals surface area contributed by atoms with E-state index in [1.54, 1.807) is 19.4 Å². The summed E-state index contributed by atoms with van der Waals surface area (Å²) in [4.78, 5) is 18.0. The van der Waals surface area contributed by atoms with E-state index >= 15 is 0 Å². The number of nitrogens with one attached hydrogen (secondary N) is 1. The zero-order chi connectivity index (χ0) is 11.5. The van der Waals surface area contributed by atoms with E-state index in [0.717, 1.165) is 26.2 Å². The van der Waals surface area contributed by atoms with E-state index in [-0.39, 0.29) is 5.56 Å². The molecule has 0 radical (unpaired) electrons. The third kappa shape index (κ3) is 2.40. The van der Waals surface area contributed by atoms with E-state index in [0.29, 0.717) is 5.82 Å². The average Bonchev–Trinajstić information content (AvgIpc) is 2.28. The van der Waals surface area contributed by atoms with Crippen LogP contribution < -0.4 is 11.0 Å². The van der Waals surface area contributed by atoms with E-state index in [1.165, 1.54) is 4.57 Å². The lowest BCUT2D eigenvalue weighted by Gasteiger charge is -2.32. The maximum Gasteiger partial charge on any atom is 0.294 e. The first-order chi connectivity index (χ1) is 7.66. The van der Waals surface area contributed by atoms with Gasteiger partial charge in [-0.1, -0.05) is 0 Å². The number of aryl methyl sites for hydroxylation is 1. The third-order valence-electron chi connectivity index (χ3n) is 2.78. The van der Waals surface area contributed by atoms with Crippen LogP contribution in [0.15, 0.2) is 17.2 Å². The summed E-state index contributed by atoms with van der Waals surface area (Å²) in [6, 6.07) is 0. The molecule has 2 heterocycles. The van der Waals surface area contributed by atoms with Crippen LogP contribution in [0.3, 0.4) is 0 Å². The first-order valence-corrected chi connectivity index (χ1v) is 5.38. The number of nitrogens with zero attached hydrogens (tertiary/aromatic N) is 4. The molecule has 0 bridgehead atoms. The third-order valence-corrected chi connectivity index (χ3v) is 2.78. The summed E-state index contributed by atoms with van der Waals surface area (Å²) in [7, 11) is 3.82. The van der Waals surface area contributed by atoms with Crippen molar-refractivity contribution in [3.63, 3.8) is 0 Å². The first-order valence-electron chi connectivity index (χ1n) is 5.38. The van der Waals surface area contributed by atoms with Crippen LogP contribution in [0.2, 0.25) is 0 Å². The lowest BCUT2D eigenvalue weighted by Crippen LogP contribution is -2.48. The zero-order valence-corrected chi connectivity index (χ0v) is 9.68. The minimum atomic E-state index is -0.0959. The van der Waals surface area contributed by atoms with Gasteiger partial charge in [0.15, 0.2) is 0 Å². The van der Waals surface area contributed by atoms with Crippen LogP contribution in [0.4, 0.5) is 5.82 Å². The molecule has 0 amide bonds. The quantitative estimate of drug-likeness (QED) is 0.722. The topological polar surface area (TPSA) is 53.4 Å². The molecule has 0 spiro atoms. The van der Waals surface area contributed by atoms with Gasteiger partial charge in [-0.3, -0.25) is 10.2 Å². The molecule has 1 N–H and O–H groups in total. The SMILES string of the molecule is CN1CCN(Nc2nccn(C)c2=O)CC1. The highest BCUT2D eigenvalue weighted by Crippen LogP contribution is 2.01. The lowest BCUT2D eigenvalue weighted by molar-refractivity contribution is 0.178. The van der Waals surface area contributed by atoms with Crippen molar-refractivity contribution in [2.45, 2.75) is 0 Å². The summed E-state index contributed by atoms with van der Waals surface area (Å²) in [6.45, 7) is 3.80. The Bertz CT molecular complexity index is 408. The zero-order valence-electron chi connectivity index (χ0n) is 9.68. The van der Waals surface area contributed by atoms with Gasteiger partial charge in [-0.15, -0.1) is 0 Å². The standard InChI is InChI=1S/C10H17N5O/c1-13-5-7-15(8-6-13)12-9-10(16)14(2)4-3-11-9/h3-4H,5-8H2,1-2H3,(H,11,12). The molecule has 0 saturated carbocycles. The Morgan fingerprint density at radius 1 is 1.25 bits per heavy atom. The second-order valence-corrected chi connectivity index (χ2v) is 4.09. The molecule has 2 rings (SSSR count). The highest BCUT2D eigenvalue weighted by atomic mass is 16.1. The number of hydrogen-bond acceptors (Lipinski definition) is 5. The molecule has 0 aromatic carbocycles. The van der Waals surface area contributed by atoms with Crippen LogP contribution in [0.1, 0.15) is 0 Å². The van der Waals surface area contributed by atoms with Crippen molar-refractivity contribution in [3.05, 3.63) is 22.7 Å². The second-order valence-electron chi connectivity index (χ2n) is 4.09. The number of aromatic nitrogens is 2. The molecule has 1 saturated heterocycles. The number of likely N-dealkylation sites (N-methyl/N-ethyl adjacent to an activating group) is 1. The van der Waals surface area contributed by atoms with Gasteiger partial charge in [0.1, 0.15) is 0 Å². The van der Waals surface area contributed by atoms with E-state index in [1.807, 2.05) is 5.01 Å². The number of hydrogen-bond donors (Lipinski definition) is 1. The Morgan fingerprint density at radius 3 is 2.62 bits per heavy atom. The minimum absolute atomic E-state index is 0.0959. The molecule has 1 aromatic rings. The molecule has 1 aliphatic rings. The van der Waals surface area contributed by atoms with Gasteiger partial charge in [0.05, 0.1) is 0 Å². The Balaban J connectivity index is 2.04. The fraction of sp³-hybridized carbons (Fsp3) is 0.600. The smallest absolute Gasteiger partial charge is 0.294 e. The van der Waals surface area contributed by atoms with Crippen molar-refractivity contribution in [2.24, 2.45) is 7.05 Å². The van der Waals surface area contributed by atoms with Crippen LogP contribution in [0.25, 0.3) is 0 Å². The average molecular weight is 223 g/mol. The summed E-state index contributed by atoms with van der Waals surface area (Å²) in [5.74, 6) is 0.398. The summed E-state index contributed by atoms with van der Waals surface area (Å²) in [6.07, 6.45) is 3.28. The fourth-order valence-electron chi connectivity index (χ4n) is 1.64. The van der Waals surface area contributed by atoms with Crippen molar-refractivity contribution < 1.29 is 0 Å². The van der Waals surface area contributed by atoms with Gasteiger partial charge in [0.25, 0.3) is 5.56 Å². The maximum atomic E-state index is 11.7. The molecule has 6 nitrogen and oxygen atoms in total. The van der Waals surface area contributed by atoms with Crippen molar-refractivity contribution in [3.8, 4) is 0 Å². The van der Waals surface area contributed by atoms with Crippen molar-refractivity contribution in [2.75, 3.05) is 38.7 Å². The van der Waals surface area contributed by atoms with Crippen molar-refractivity contribution in [1.82, 2.24) is 19.5 Å². The maximum absolute atomic E-state index is 11.7. The monoisotopic (exact) mass is 223 g/mol. The van der Waals surface area contributed by atoms with E-state index < -0.39 is 0 Å². The molecule has 0 atom stereocenters. The largest absolute Gasteiger partial charge is 0.314 e. The highest BCUT2D eigenvalue weighted by Gasteiger charge is 2.15. The van der Waals surface area contributed by atoms with Crippen molar-refractivity contribution >= 4 is 5.82 Å². The predicted molar refractivity (Wildman–Crippen MR) is 62.2 cm³/mol. The summed E-state index contributed by atoms with van der Waals surface area (Å²) >= 11 is 0. The van der Waals surface area contributed by atoms with Gasteiger partial charge in [-0.2, -0.15) is 0 Å². The normalized spacial score (nSPS) is 18.6. The van der Waals surface area contributed by atoms with Crippen LogP contribution in [0, 0.1) is 0 Å². The molecule has 6 heteroatoms. The van der Waals surface area contributed by atoms with E-state index in [4.69, 9.17) is 0 Å². The molecular formula is C10H17N5O. The van der Waals surface area contributed by atoms with Gasteiger partial charge >= 0.3 is 0 Å². The number of anilines is 1. The summed E-state index contributed by atoms with van der Waals surface area (Å²) in [5, 5.41) is 2.03. The van der Waals surface area contributed by atoms with E-state index in [2.05, 4.69) is 22.4 Å². The molecule has 16 heavy (non-hydrogen) atoms. The number of rotatable bonds is 2. The van der Waals surface area contributed by atoms with Gasteiger partial charge in [0.2, 0.25) is 5.82 Å². The lowest BCUT2D eigenvalue weighted by atomic mass is 10.4. The molecule has 1 fully saturated rings. The fourth-order valence-corrected chi connectivity index (χ4v) is 1.64. The van der Waals surface area contributed by atoms with Gasteiger partial charge in [-0.25, -0.2) is 9.99 Å². The molecule has 1 aromatic heterocycles. The van der Waals surface area contributed by atoms with E-state index in [9.17, 15) is 4.79 Å². The minimum Gasteiger partial charge on any atom is -0.314 e. The number of piperazine rings is 1. The molecule has 88 valence electrons. The Labute approximate surface area is 94.5 Å². The van der Waals surface area contributed by atoms with Crippen LogP contribution in [-0.2, 0) is 7.05 Å². The Hall–Kier alpha value is -1.40. The summed E-state index contributed by atoms with van der Waals surface area (Å²) in [5.41, 5.74) is 2.98. The second kappa shape index (κ2) is 4.63. The van der Waals surface area contributed by atoms with Crippen LogP contribution >= 0.6 is 0 Å². The molecule has 0 aliphatic carbocycles. The molecular weight excluding hydrogens is 206 g/mol. The Kier molecular flexibility index (Phi) is 3.21. The molecule has 1 aliphatic heterocycles. The van der Waals surface area contributed by atoms with Gasteiger partial charge in [-0.05, 0) is 7.05 Å². The first kappa shape index (κ1) is 11.1. The van der Waals surface area contributed by atoms with Crippen molar-refractivity contribution in [1.29, 1.82) is 0 Å². The van der Waals surface area contributed by atoms with Gasteiger partial charge < -0.3 is 9.47 Å². The number of hydrazine groups is 1. The highest BCUT2D eigenvalue weighted by molar-refractivity contribution is 5.29. The Morgan fingerprint density at radius 2 is 1.94 bits per heavy atom. The van der Waals surface area contributed by atoms with Gasteiger partial charge in [0, 0.05) is 45.6 Å². The predicted octanol–water partition coefficient (Wildman–Crippen LogP) is -0.645.